The van der Waals surface area contributed by atoms with Gasteiger partial charge in [-0.2, -0.15) is 4.98 Å². The van der Waals surface area contributed by atoms with Crippen LogP contribution in [0.25, 0.3) is 10.9 Å². The van der Waals surface area contributed by atoms with Gasteiger partial charge in [0.05, 0.1) is 5.52 Å². The normalized spacial score (nSPS) is 10.2. The van der Waals surface area contributed by atoms with Crippen molar-refractivity contribution in [3.8, 4) is 0 Å². The van der Waals surface area contributed by atoms with E-state index in [-0.39, 0.29) is 6.61 Å². The maximum atomic E-state index is 7.57. The maximum absolute atomic E-state index is 7.57. The summed E-state index contributed by atoms with van der Waals surface area (Å²) in [5.74, 6) is 1.37. The van der Waals surface area contributed by atoms with Gasteiger partial charge in [-0.3, -0.25) is 0 Å². The lowest BCUT2D eigenvalue weighted by Crippen LogP contribution is -2.03. The van der Waals surface area contributed by atoms with Crippen LogP contribution in [0.4, 0.5) is 23.1 Å². The van der Waals surface area contributed by atoms with Crippen LogP contribution in [0.15, 0.2) is 72.8 Å². The molecule has 29 heavy (non-hydrogen) atoms. The summed E-state index contributed by atoms with van der Waals surface area (Å²) in [5.41, 5.74) is 5.26. The van der Waals surface area contributed by atoms with Gasteiger partial charge in [0.15, 0.2) is 0 Å². The van der Waals surface area contributed by atoms with Gasteiger partial charge in [-0.15, -0.1) is 0 Å². The van der Waals surface area contributed by atoms with Crippen molar-refractivity contribution in [1.82, 2.24) is 9.97 Å². The Kier molecular flexibility index (Phi) is 6.76. The molecule has 0 amide bonds. The highest BCUT2D eigenvalue weighted by Gasteiger charge is 2.09. The maximum Gasteiger partial charge on any atom is 0.229 e. The Hall–Kier alpha value is -3.44. The number of rotatable bonds is 4. The second-order valence-electron chi connectivity index (χ2n) is 6.61. The molecular formula is C24H26N4O. The average Bonchev–Trinajstić information content (AvgIpc) is 2.72. The smallest absolute Gasteiger partial charge is 0.229 e. The highest BCUT2D eigenvalue weighted by molar-refractivity contribution is 5.92. The number of fused-ring (bicyclic) bond motifs is 1. The van der Waals surface area contributed by atoms with Crippen LogP contribution in [-0.4, -0.2) is 21.7 Å². The molecule has 0 fully saturated rings. The fraction of sp³-hybridized carbons (Fsp3) is 0.167. The molecule has 1 heterocycles. The van der Waals surface area contributed by atoms with Crippen LogP contribution >= 0.6 is 0 Å². The molecule has 0 saturated heterocycles. The number of para-hydroxylation sites is 3. The summed E-state index contributed by atoms with van der Waals surface area (Å²) < 4.78 is 0. The van der Waals surface area contributed by atoms with Crippen LogP contribution in [-0.2, 0) is 0 Å². The van der Waals surface area contributed by atoms with Gasteiger partial charge in [0.2, 0.25) is 5.95 Å². The molecule has 148 valence electrons. The van der Waals surface area contributed by atoms with E-state index in [9.17, 15) is 0 Å². The Bertz CT molecular complexity index is 1090. The van der Waals surface area contributed by atoms with Crippen molar-refractivity contribution in [2.24, 2.45) is 0 Å². The molecule has 0 atom stereocenters. The zero-order valence-corrected chi connectivity index (χ0v) is 17.0. The molecule has 0 saturated carbocycles. The monoisotopic (exact) mass is 386 g/mol. The molecule has 0 bridgehead atoms. The van der Waals surface area contributed by atoms with Gasteiger partial charge < -0.3 is 15.7 Å². The first-order valence-corrected chi connectivity index (χ1v) is 9.65. The van der Waals surface area contributed by atoms with Crippen molar-refractivity contribution >= 4 is 34.0 Å². The molecule has 5 heteroatoms. The summed E-state index contributed by atoms with van der Waals surface area (Å²) in [6.07, 6.45) is 0. The number of anilines is 4. The summed E-state index contributed by atoms with van der Waals surface area (Å²) in [7, 11) is 0. The highest BCUT2D eigenvalue weighted by atomic mass is 16.2. The van der Waals surface area contributed by atoms with Gasteiger partial charge in [-0.25, -0.2) is 4.98 Å². The second-order valence-corrected chi connectivity index (χ2v) is 6.61. The van der Waals surface area contributed by atoms with Crippen LogP contribution in [0.3, 0.4) is 0 Å². The Morgan fingerprint density at radius 1 is 0.724 bits per heavy atom. The molecule has 5 nitrogen and oxygen atoms in total. The molecule has 1 aromatic heterocycles. The van der Waals surface area contributed by atoms with Gasteiger partial charge in [-0.05, 0) is 56.2 Å². The molecule has 0 aliphatic heterocycles. The fourth-order valence-corrected chi connectivity index (χ4v) is 2.90. The Morgan fingerprint density at radius 3 is 1.86 bits per heavy atom. The van der Waals surface area contributed by atoms with Crippen LogP contribution in [0.2, 0.25) is 0 Å². The third kappa shape index (κ3) is 5.09. The molecule has 3 aromatic carbocycles. The second kappa shape index (κ2) is 9.66. The first-order chi connectivity index (χ1) is 14.1. The molecule has 0 aliphatic carbocycles. The van der Waals surface area contributed by atoms with Crippen LogP contribution in [0.5, 0.6) is 0 Å². The molecule has 0 spiro atoms. The van der Waals surface area contributed by atoms with Crippen LogP contribution < -0.4 is 10.6 Å². The van der Waals surface area contributed by atoms with Gasteiger partial charge in [0, 0.05) is 23.4 Å². The molecule has 4 aromatic rings. The minimum atomic E-state index is 0.250. The Labute approximate surface area is 171 Å². The summed E-state index contributed by atoms with van der Waals surface area (Å²) in [5, 5.41) is 15.4. The largest absolute Gasteiger partial charge is 0.397 e. The first kappa shape index (κ1) is 20.3. The molecule has 0 radical (unpaired) electrons. The van der Waals surface area contributed by atoms with E-state index in [0.29, 0.717) is 5.95 Å². The standard InChI is InChI=1S/C22H20N4.C2H6O/c1-15-9-3-6-12-18(15)23-21-17-11-5-8-14-20(17)25-22(26-21)24-19-13-7-4-10-16(19)2;1-2-3/h3-14H,1-2H3,(H2,23,24,25,26);3H,2H2,1H3. The van der Waals surface area contributed by atoms with E-state index < -0.39 is 0 Å². The minimum absolute atomic E-state index is 0.250. The van der Waals surface area contributed by atoms with E-state index in [1.54, 1.807) is 6.92 Å². The first-order valence-electron chi connectivity index (χ1n) is 9.65. The number of aliphatic hydroxyl groups is 1. The van der Waals surface area contributed by atoms with Crippen molar-refractivity contribution in [2.45, 2.75) is 20.8 Å². The number of benzene rings is 3. The minimum Gasteiger partial charge on any atom is -0.397 e. The topological polar surface area (TPSA) is 70.1 Å². The van der Waals surface area contributed by atoms with Gasteiger partial charge in [-0.1, -0.05) is 48.5 Å². The van der Waals surface area contributed by atoms with Gasteiger partial charge in [0.1, 0.15) is 5.82 Å². The third-order valence-corrected chi connectivity index (χ3v) is 4.39. The van der Waals surface area contributed by atoms with Crippen molar-refractivity contribution < 1.29 is 5.11 Å². The quantitative estimate of drug-likeness (QED) is 0.418. The highest BCUT2D eigenvalue weighted by Crippen LogP contribution is 2.28. The lowest BCUT2D eigenvalue weighted by atomic mass is 10.2. The molecular weight excluding hydrogens is 360 g/mol. The van der Waals surface area contributed by atoms with E-state index in [2.05, 4.69) is 47.7 Å². The SMILES string of the molecule is CCO.Cc1ccccc1Nc1nc(Nc2ccccc2C)c2ccccc2n1. The van der Waals surface area contributed by atoms with Crippen molar-refractivity contribution in [3.05, 3.63) is 83.9 Å². The molecule has 4 rings (SSSR count). The third-order valence-electron chi connectivity index (χ3n) is 4.39. The van der Waals surface area contributed by atoms with Crippen molar-refractivity contribution in [2.75, 3.05) is 17.2 Å². The summed E-state index contributed by atoms with van der Waals surface area (Å²) in [6.45, 7) is 6.08. The summed E-state index contributed by atoms with van der Waals surface area (Å²) >= 11 is 0. The van der Waals surface area contributed by atoms with E-state index in [0.717, 1.165) is 33.7 Å². The number of hydrogen-bond donors (Lipinski definition) is 3. The van der Waals surface area contributed by atoms with E-state index >= 15 is 0 Å². The van der Waals surface area contributed by atoms with Crippen LogP contribution in [0, 0.1) is 13.8 Å². The van der Waals surface area contributed by atoms with Crippen molar-refractivity contribution in [3.63, 3.8) is 0 Å². The average molecular weight is 386 g/mol. The number of hydrogen-bond acceptors (Lipinski definition) is 5. The lowest BCUT2D eigenvalue weighted by molar-refractivity contribution is 0.318. The van der Waals surface area contributed by atoms with E-state index in [1.807, 2.05) is 54.6 Å². The zero-order valence-electron chi connectivity index (χ0n) is 17.0. The molecule has 0 aliphatic rings. The molecule has 3 N–H and O–H groups in total. The summed E-state index contributed by atoms with van der Waals surface area (Å²) in [4.78, 5) is 9.41. The number of aryl methyl sites for hydroxylation is 2. The number of nitrogens with zero attached hydrogens (tertiary/aromatic N) is 2. The Balaban J connectivity index is 0.000000755. The van der Waals surface area contributed by atoms with Crippen molar-refractivity contribution in [1.29, 1.82) is 0 Å². The zero-order chi connectivity index (χ0) is 20.6. The summed E-state index contributed by atoms with van der Waals surface area (Å²) in [6, 6.07) is 24.3. The lowest BCUT2D eigenvalue weighted by Gasteiger charge is -2.14. The predicted octanol–water partition coefficient (Wildman–Crippen LogP) is 5.73. The van der Waals surface area contributed by atoms with Gasteiger partial charge >= 0.3 is 0 Å². The van der Waals surface area contributed by atoms with Crippen LogP contribution in [0.1, 0.15) is 18.1 Å². The number of nitrogens with one attached hydrogen (secondary N) is 2. The van der Waals surface area contributed by atoms with Gasteiger partial charge in [0.25, 0.3) is 0 Å². The molecule has 0 unspecified atom stereocenters. The Morgan fingerprint density at radius 2 is 1.24 bits per heavy atom. The van der Waals surface area contributed by atoms with E-state index in [1.165, 1.54) is 5.56 Å². The van der Waals surface area contributed by atoms with E-state index in [4.69, 9.17) is 10.1 Å². The number of aliphatic hydroxyl groups excluding tert-OH is 1. The number of aromatic nitrogens is 2. The fourth-order valence-electron chi connectivity index (χ4n) is 2.90. The predicted molar refractivity (Wildman–Crippen MR) is 121 cm³/mol.